The van der Waals surface area contributed by atoms with E-state index in [-0.39, 0.29) is 24.0 Å². The van der Waals surface area contributed by atoms with E-state index in [4.69, 9.17) is 9.47 Å². The van der Waals surface area contributed by atoms with Crippen molar-refractivity contribution < 1.29 is 19.1 Å². The molecule has 2 heterocycles. The first-order chi connectivity index (χ1) is 12.8. The van der Waals surface area contributed by atoms with Crippen LogP contribution in [0.15, 0.2) is 18.2 Å². The van der Waals surface area contributed by atoms with Gasteiger partial charge in [-0.3, -0.25) is 9.69 Å². The standard InChI is InChI=1S/C19H23N3O4S/c1-12(8-23)27-19(17(24)21-3)9-18(2,10-20)16(22(19)4)13-5-6-14-15(7-13)26-11-25-14/h5-8,12,16H,9,11H2,1-4H3,(H,21,24). The summed E-state index contributed by atoms with van der Waals surface area (Å²) in [6, 6.07) is 7.66. The van der Waals surface area contributed by atoms with Crippen LogP contribution in [0.5, 0.6) is 11.5 Å². The van der Waals surface area contributed by atoms with Crippen molar-refractivity contribution in [3.8, 4) is 17.6 Å². The lowest BCUT2D eigenvalue weighted by atomic mass is 9.79. The molecule has 8 heteroatoms. The number of thioether (sulfide) groups is 1. The minimum atomic E-state index is -1.03. The van der Waals surface area contributed by atoms with Gasteiger partial charge in [0.2, 0.25) is 6.79 Å². The van der Waals surface area contributed by atoms with Gasteiger partial charge < -0.3 is 19.6 Å². The van der Waals surface area contributed by atoms with Crippen molar-refractivity contribution >= 4 is 24.0 Å². The van der Waals surface area contributed by atoms with Crippen LogP contribution in [0.1, 0.15) is 31.9 Å². The number of likely N-dealkylation sites (tertiary alicyclic amines) is 1. The van der Waals surface area contributed by atoms with Crippen molar-refractivity contribution in [3.05, 3.63) is 23.8 Å². The predicted molar refractivity (Wildman–Crippen MR) is 101 cm³/mol. The zero-order valence-corrected chi connectivity index (χ0v) is 16.6. The van der Waals surface area contributed by atoms with Crippen LogP contribution in [0.4, 0.5) is 0 Å². The molecule has 1 saturated heterocycles. The van der Waals surface area contributed by atoms with Crippen LogP contribution in [0, 0.1) is 16.7 Å². The number of fused-ring (bicyclic) bond motifs is 1. The third kappa shape index (κ3) is 3.05. The molecule has 7 nitrogen and oxygen atoms in total. The first-order valence-electron chi connectivity index (χ1n) is 8.70. The summed E-state index contributed by atoms with van der Waals surface area (Å²) in [4.78, 5) is 25.1. The lowest BCUT2D eigenvalue weighted by Gasteiger charge is -2.37. The number of nitrogens with one attached hydrogen (secondary N) is 1. The minimum Gasteiger partial charge on any atom is -0.454 e. The molecule has 0 aromatic heterocycles. The molecule has 1 aromatic rings. The van der Waals surface area contributed by atoms with Gasteiger partial charge in [-0.05, 0) is 38.6 Å². The fraction of sp³-hybridized carbons (Fsp3) is 0.526. The van der Waals surface area contributed by atoms with E-state index in [9.17, 15) is 14.9 Å². The highest BCUT2D eigenvalue weighted by molar-refractivity contribution is 8.02. The van der Waals surface area contributed by atoms with Crippen LogP contribution in [0.2, 0.25) is 0 Å². The number of hydrogen-bond donors (Lipinski definition) is 1. The number of nitrogens with zero attached hydrogens (tertiary/aromatic N) is 2. The van der Waals surface area contributed by atoms with Crippen molar-refractivity contribution in [2.45, 2.75) is 36.4 Å². The lowest BCUT2D eigenvalue weighted by Crippen LogP contribution is -2.52. The topological polar surface area (TPSA) is 91.7 Å². The fourth-order valence-electron chi connectivity index (χ4n) is 4.08. The molecule has 1 amide bonds. The molecule has 0 spiro atoms. The second-order valence-corrected chi connectivity index (χ2v) is 8.81. The normalized spacial score (nSPS) is 30.6. The Hall–Kier alpha value is -2.24. The molecule has 0 bridgehead atoms. The van der Waals surface area contributed by atoms with Crippen molar-refractivity contribution in [1.29, 1.82) is 5.26 Å². The molecule has 2 aliphatic rings. The number of rotatable bonds is 5. The maximum atomic E-state index is 12.9. The number of carbonyl (C=O) groups is 2. The number of amides is 1. The molecule has 144 valence electrons. The molecule has 1 aromatic carbocycles. The number of ether oxygens (including phenoxy) is 2. The molecule has 0 saturated carbocycles. The molecule has 2 aliphatic heterocycles. The lowest BCUT2D eigenvalue weighted by molar-refractivity contribution is -0.126. The Morgan fingerprint density at radius 2 is 2.19 bits per heavy atom. The molecule has 1 fully saturated rings. The van der Waals surface area contributed by atoms with Gasteiger partial charge >= 0.3 is 0 Å². The zero-order chi connectivity index (χ0) is 19.8. The smallest absolute Gasteiger partial charge is 0.250 e. The summed E-state index contributed by atoms with van der Waals surface area (Å²) in [6.07, 6.45) is 1.12. The number of carbonyl (C=O) groups excluding carboxylic acids is 2. The number of nitriles is 1. The van der Waals surface area contributed by atoms with Crippen molar-refractivity contribution in [2.24, 2.45) is 5.41 Å². The summed E-state index contributed by atoms with van der Waals surface area (Å²) in [6.45, 7) is 3.78. The van der Waals surface area contributed by atoms with Crippen LogP contribution in [0.25, 0.3) is 0 Å². The number of benzene rings is 1. The van der Waals surface area contributed by atoms with Crippen LogP contribution in [-0.4, -0.2) is 48.1 Å². The third-order valence-electron chi connectivity index (χ3n) is 5.29. The summed E-state index contributed by atoms with van der Waals surface area (Å²) in [7, 11) is 3.40. The number of aldehydes is 1. The Morgan fingerprint density at radius 1 is 1.48 bits per heavy atom. The molecule has 4 atom stereocenters. The third-order valence-corrected chi connectivity index (χ3v) is 6.78. The summed E-state index contributed by atoms with van der Waals surface area (Å²) >= 11 is 1.28. The average molecular weight is 389 g/mol. The fourth-order valence-corrected chi connectivity index (χ4v) is 5.61. The molecule has 4 unspecified atom stereocenters. The monoisotopic (exact) mass is 389 g/mol. The molecule has 27 heavy (non-hydrogen) atoms. The Bertz CT molecular complexity index is 811. The van der Waals surface area contributed by atoms with E-state index >= 15 is 0 Å². The molecule has 0 aliphatic carbocycles. The van der Waals surface area contributed by atoms with Gasteiger partial charge in [-0.25, -0.2) is 0 Å². The van der Waals surface area contributed by atoms with Crippen LogP contribution in [-0.2, 0) is 9.59 Å². The van der Waals surface area contributed by atoms with E-state index in [1.165, 1.54) is 11.8 Å². The SMILES string of the molecule is CNC(=O)C1(SC(C)C=O)CC(C)(C#N)C(c2ccc3c(c2)OCO3)N1C. The van der Waals surface area contributed by atoms with Gasteiger partial charge in [0.25, 0.3) is 5.91 Å². The van der Waals surface area contributed by atoms with Gasteiger partial charge in [0.15, 0.2) is 11.5 Å². The van der Waals surface area contributed by atoms with Crippen molar-refractivity contribution in [2.75, 3.05) is 20.9 Å². The predicted octanol–water partition coefficient (Wildman–Crippen LogP) is 2.08. The molecule has 0 radical (unpaired) electrons. The minimum absolute atomic E-state index is 0.170. The van der Waals surface area contributed by atoms with E-state index in [0.717, 1.165) is 11.8 Å². The van der Waals surface area contributed by atoms with Gasteiger partial charge in [-0.1, -0.05) is 6.07 Å². The molecular formula is C19H23N3O4S. The highest BCUT2D eigenvalue weighted by atomic mass is 32.2. The highest BCUT2D eigenvalue weighted by Gasteiger charge is 2.61. The first-order valence-corrected chi connectivity index (χ1v) is 9.58. The summed E-state index contributed by atoms with van der Waals surface area (Å²) < 4.78 is 10.9. The summed E-state index contributed by atoms with van der Waals surface area (Å²) in [5.74, 6) is 1.08. The van der Waals surface area contributed by atoms with E-state index in [0.29, 0.717) is 17.9 Å². The number of hydrogen-bond acceptors (Lipinski definition) is 7. The van der Waals surface area contributed by atoms with Gasteiger partial charge in [0.1, 0.15) is 11.2 Å². The molecule has 3 rings (SSSR count). The summed E-state index contributed by atoms with van der Waals surface area (Å²) in [5, 5.41) is 12.3. The van der Waals surface area contributed by atoms with E-state index in [2.05, 4.69) is 11.4 Å². The largest absolute Gasteiger partial charge is 0.454 e. The van der Waals surface area contributed by atoms with Crippen LogP contribution >= 0.6 is 11.8 Å². The number of likely N-dealkylation sites (N-methyl/N-ethyl adjacent to an activating group) is 2. The van der Waals surface area contributed by atoms with Gasteiger partial charge in [0.05, 0.1) is 22.8 Å². The van der Waals surface area contributed by atoms with E-state index in [1.807, 2.05) is 37.1 Å². The Morgan fingerprint density at radius 3 is 2.81 bits per heavy atom. The highest BCUT2D eigenvalue weighted by Crippen LogP contribution is 2.58. The average Bonchev–Trinajstić information content (AvgIpc) is 3.22. The Kier molecular flexibility index (Phi) is 5.10. The van der Waals surface area contributed by atoms with E-state index in [1.54, 1.807) is 14.0 Å². The van der Waals surface area contributed by atoms with Crippen molar-refractivity contribution in [1.82, 2.24) is 10.2 Å². The zero-order valence-electron chi connectivity index (χ0n) is 15.8. The van der Waals surface area contributed by atoms with Gasteiger partial charge in [0, 0.05) is 13.5 Å². The Labute approximate surface area is 163 Å². The second kappa shape index (κ2) is 7.06. The van der Waals surface area contributed by atoms with Gasteiger partial charge in [-0.2, -0.15) is 5.26 Å². The first kappa shape index (κ1) is 19.5. The summed E-state index contributed by atoms with van der Waals surface area (Å²) in [5.41, 5.74) is 0.0424. The Balaban J connectivity index is 2.09. The molecular weight excluding hydrogens is 366 g/mol. The van der Waals surface area contributed by atoms with Crippen LogP contribution in [0.3, 0.4) is 0 Å². The second-order valence-electron chi connectivity index (χ2n) is 7.15. The molecule has 1 N–H and O–H groups in total. The maximum Gasteiger partial charge on any atom is 0.250 e. The van der Waals surface area contributed by atoms with Crippen LogP contribution < -0.4 is 14.8 Å². The van der Waals surface area contributed by atoms with Crippen molar-refractivity contribution in [3.63, 3.8) is 0 Å². The quantitative estimate of drug-likeness (QED) is 0.771. The van der Waals surface area contributed by atoms with E-state index < -0.39 is 10.3 Å². The van der Waals surface area contributed by atoms with Gasteiger partial charge in [-0.15, -0.1) is 11.8 Å². The maximum absolute atomic E-state index is 12.9.